The Balaban J connectivity index is 2.05. The summed E-state index contributed by atoms with van der Waals surface area (Å²) >= 11 is 1.42. The van der Waals surface area contributed by atoms with E-state index in [4.69, 9.17) is 4.42 Å². The van der Waals surface area contributed by atoms with Gasteiger partial charge in [-0.05, 0) is 36.8 Å². The fraction of sp³-hybridized carbons (Fsp3) is 0.571. The van der Waals surface area contributed by atoms with Crippen LogP contribution in [0, 0.1) is 11.8 Å². The molecule has 0 unspecified atom stereocenters. The molecule has 0 saturated carbocycles. The van der Waals surface area contributed by atoms with Crippen LogP contribution in [0.3, 0.4) is 0 Å². The van der Waals surface area contributed by atoms with Gasteiger partial charge < -0.3 is 9.32 Å². The van der Waals surface area contributed by atoms with Crippen molar-refractivity contribution in [3.63, 3.8) is 0 Å². The Morgan fingerprint density at radius 1 is 1.25 bits per heavy atom. The van der Waals surface area contributed by atoms with Crippen molar-refractivity contribution in [2.45, 2.75) is 52.2 Å². The van der Waals surface area contributed by atoms with Crippen LogP contribution in [0.1, 0.15) is 40.5 Å². The summed E-state index contributed by atoms with van der Waals surface area (Å²) in [5.41, 5.74) is 0. The van der Waals surface area contributed by atoms with Crippen molar-refractivity contribution in [2.75, 3.05) is 18.8 Å². The lowest BCUT2D eigenvalue weighted by molar-refractivity contribution is -0.128. The first-order valence-corrected chi connectivity index (χ1v) is 10.9. The van der Waals surface area contributed by atoms with E-state index in [1.54, 1.807) is 12.3 Å². The Kier molecular flexibility index (Phi) is 8.83. The molecule has 0 fully saturated rings. The molecule has 7 heteroatoms. The smallest absolute Gasteiger partial charge is 0.233 e. The second-order valence-corrected chi connectivity index (χ2v) is 8.66. The van der Waals surface area contributed by atoms with E-state index in [9.17, 15) is 4.79 Å². The number of amides is 1. The van der Waals surface area contributed by atoms with Gasteiger partial charge in [-0.25, -0.2) is 0 Å². The topological polar surface area (TPSA) is 64.2 Å². The molecule has 2 rings (SSSR count). The van der Waals surface area contributed by atoms with E-state index >= 15 is 0 Å². The summed E-state index contributed by atoms with van der Waals surface area (Å²) in [5, 5.41) is 9.21. The molecular formula is C21H32N4O2S. The molecule has 0 atom stereocenters. The Morgan fingerprint density at radius 2 is 1.93 bits per heavy atom. The molecule has 0 spiro atoms. The number of hydrogen-bond donors (Lipinski definition) is 0. The van der Waals surface area contributed by atoms with Gasteiger partial charge in [0.15, 0.2) is 10.9 Å². The number of allylic oxidation sites excluding steroid dienone is 1. The molecule has 0 aromatic carbocycles. The average molecular weight is 405 g/mol. The van der Waals surface area contributed by atoms with Gasteiger partial charge >= 0.3 is 0 Å². The van der Waals surface area contributed by atoms with Gasteiger partial charge in [0.1, 0.15) is 0 Å². The number of carbonyl (C=O) groups excluding carboxylic acids is 1. The lowest BCUT2D eigenvalue weighted by atomic mass is 10.1. The van der Waals surface area contributed by atoms with Crippen LogP contribution in [-0.4, -0.2) is 44.4 Å². The zero-order valence-electron chi connectivity index (χ0n) is 17.4. The molecule has 2 aromatic rings. The average Bonchev–Trinajstić information content (AvgIpc) is 3.29. The van der Waals surface area contributed by atoms with E-state index in [1.807, 2.05) is 21.6 Å². The predicted molar refractivity (Wildman–Crippen MR) is 114 cm³/mol. The summed E-state index contributed by atoms with van der Waals surface area (Å²) < 4.78 is 7.38. The number of thioether (sulfide) groups is 1. The number of aromatic nitrogens is 3. The van der Waals surface area contributed by atoms with E-state index in [2.05, 4.69) is 44.5 Å². The summed E-state index contributed by atoms with van der Waals surface area (Å²) in [7, 11) is 0. The molecule has 0 saturated heterocycles. The lowest BCUT2D eigenvalue weighted by Gasteiger charge is -2.24. The maximum Gasteiger partial charge on any atom is 0.233 e. The van der Waals surface area contributed by atoms with Gasteiger partial charge in [-0.15, -0.1) is 16.8 Å². The number of hydrogen-bond acceptors (Lipinski definition) is 5. The fourth-order valence-electron chi connectivity index (χ4n) is 2.68. The van der Waals surface area contributed by atoms with Gasteiger partial charge in [-0.1, -0.05) is 45.5 Å². The number of rotatable bonds is 12. The van der Waals surface area contributed by atoms with Gasteiger partial charge in [0.25, 0.3) is 0 Å². The van der Waals surface area contributed by atoms with Crippen molar-refractivity contribution < 1.29 is 9.21 Å². The zero-order valence-corrected chi connectivity index (χ0v) is 18.2. The molecule has 2 heterocycles. The highest BCUT2D eigenvalue weighted by Gasteiger charge is 2.19. The molecule has 0 radical (unpaired) electrons. The molecule has 2 aromatic heterocycles. The molecule has 0 aliphatic heterocycles. The van der Waals surface area contributed by atoms with Crippen LogP contribution in [0.2, 0.25) is 0 Å². The first-order chi connectivity index (χ1) is 13.4. The minimum atomic E-state index is 0.152. The van der Waals surface area contributed by atoms with Gasteiger partial charge in [-0.2, -0.15) is 0 Å². The van der Waals surface area contributed by atoms with E-state index < -0.39 is 0 Å². The second-order valence-electron chi connectivity index (χ2n) is 7.72. The van der Waals surface area contributed by atoms with E-state index in [0.717, 1.165) is 25.9 Å². The van der Waals surface area contributed by atoms with Crippen LogP contribution in [0.15, 0.2) is 40.6 Å². The standard InChI is InChI=1S/C21H32N4O2S/c1-6-11-25-20(18-8-7-14-27-18)22-23-21(25)28-15-19(26)24(12-9-16(2)3)13-10-17(4)5/h6-8,14,16-17H,1,9-13,15H2,2-5H3. The SMILES string of the molecule is C=CCn1c(SCC(=O)N(CCC(C)C)CCC(C)C)nnc1-c1ccco1. The number of carbonyl (C=O) groups is 1. The second kappa shape index (κ2) is 11.1. The zero-order chi connectivity index (χ0) is 20.5. The van der Waals surface area contributed by atoms with Gasteiger partial charge in [0, 0.05) is 19.6 Å². The van der Waals surface area contributed by atoms with Crippen LogP contribution >= 0.6 is 11.8 Å². The van der Waals surface area contributed by atoms with Gasteiger partial charge in [0.2, 0.25) is 11.7 Å². The van der Waals surface area contributed by atoms with Crippen LogP contribution in [0.25, 0.3) is 11.6 Å². The summed E-state index contributed by atoms with van der Waals surface area (Å²) in [6.07, 6.45) is 5.44. The fourth-order valence-corrected chi connectivity index (χ4v) is 3.53. The third-order valence-corrected chi connectivity index (χ3v) is 5.35. The predicted octanol–water partition coefficient (Wildman–Crippen LogP) is 4.74. The van der Waals surface area contributed by atoms with Crippen molar-refractivity contribution in [3.05, 3.63) is 31.1 Å². The molecule has 0 aliphatic carbocycles. The first kappa shape index (κ1) is 22.3. The highest BCUT2D eigenvalue weighted by Crippen LogP contribution is 2.24. The number of furan rings is 1. The van der Waals surface area contributed by atoms with Crippen molar-refractivity contribution in [2.24, 2.45) is 11.8 Å². The summed E-state index contributed by atoms with van der Waals surface area (Å²) in [4.78, 5) is 14.8. The van der Waals surface area contributed by atoms with Crippen molar-refractivity contribution in [1.29, 1.82) is 0 Å². The molecule has 28 heavy (non-hydrogen) atoms. The Bertz CT molecular complexity index is 726. The van der Waals surface area contributed by atoms with E-state index in [0.29, 0.717) is 40.9 Å². The Morgan fingerprint density at radius 3 is 2.46 bits per heavy atom. The van der Waals surface area contributed by atoms with Crippen LogP contribution in [0.5, 0.6) is 0 Å². The van der Waals surface area contributed by atoms with Crippen LogP contribution < -0.4 is 0 Å². The monoisotopic (exact) mass is 404 g/mol. The third-order valence-electron chi connectivity index (χ3n) is 4.40. The van der Waals surface area contributed by atoms with Gasteiger partial charge in [0.05, 0.1) is 12.0 Å². The minimum Gasteiger partial charge on any atom is -0.461 e. The van der Waals surface area contributed by atoms with Gasteiger partial charge in [-0.3, -0.25) is 9.36 Å². The molecule has 6 nitrogen and oxygen atoms in total. The maximum absolute atomic E-state index is 12.9. The largest absolute Gasteiger partial charge is 0.461 e. The van der Waals surface area contributed by atoms with Crippen molar-refractivity contribution in [1.82, 2.24) is 19.7 Å². The summed E-state index contributed by atoms with van der Waals surface area (Å²) in [6, 6.07) is 3.67. The molecule has 0 bridgehead atoms. The molecular weight excluding hydrogens is 372 g/mol. The highest BCUT2D eigenvalue weighted by molar-refractivity contribution is 7.99. The third kappa shape index (κ3) is 6.55. The molecule has 0 N–H and O–H groups in total. The Labute approximate surface area is 172 Å². The number of nitrogens with zero attached hydrogens (tertiary/aromatic N) is 4. The molecule has 154 valence electrons. The maximum atomic E-state index is 12.9. The lowest BCUT2D eigenvalue weighted by Crippen LogP contribution is -2.35. The minimum absolute atomic E-state index is 0.152. The molecule has 1 amide bonds. The van der Waals surface area contributed by atoms with E-state index in [1.165, 1.54) is 11.8 Å². The van der Waals surface area contributed by atoms with Crippen LogP contribution in [0.4, 0.5) is 0 Å². The summed E-state index contributed by atoms with van der Waals surface area (Å²) in [6.45, 7) is 14.7. The normalized spacial score (nSPS) is 11.4. The first-order valence-electron chi connectivity index (χ1n) is 9.90. The van der Waals surface area contributed by atoms with Crippen LogP contribution in [-0.2, 0) is 11.3 Å². The van der Waals surface area contributed by atoms with Crippen molar-refractivity contribution in [3.8, 4) is 11.6 Å². The van der Waals surface area contributed by atoms with Crippen molar-refractivity contribution >= 4 is 17.7 Å². The highest BCUT2D eigenvalue weighted by atomic mass is 32.2. The molecule has 0 aliphatic rings. The summed E-state index contributed by atoms with van der Waals surface area (Å²) in [5.74, 6) is 2.96. The van der Waals surface area contributed by atoms with E-state index in [-0.39, 0.29) is 5.91 Å². The Hall–Kier alpha value is -2.02. The quantitative estimate of drug-likeness (QED) is 0.378.